The predicted octanol–water partition coefficient (Wildman–Crippen LogP) is 0.611. The van der Waals surface area contributed by atoms with E-state index >= 15 is 0 Å². The molecule has 0 spiro atoms. The first-order chi connectivity index (χ1) is 7.91. The molecule has 1 aromatic carbocycles. The Balaban J connectivity index is 2.68. The summed E-state index contributed by atoms with van der Waals surface area (Å²) in [6.45, 7) is 0.374. The molecule has 0 aliphatic carbocycles. The van der Waals surface area contributed by atoms with Crippen molar-refractivity contribution in [2.45, 2.75) is 17.7 Å². The fourth-order valence-electron chi connectivity index (χ4n) is 1.32. The van der Waals surface area contributed by atoms with Gasteiger partial charge in [-0.1, -0.05) is 12.1 Å². The Morgan fingerprint density at radius 2 is 2.00 bits per heavy atom. The summed E-state index contributed by atoms with van der Waals surface area (Å²) < 4.78 is 22.5. The van der Waals surface area contributed by atoms with Crippen molar-refractivity contribution in [3.63, 3.8) is 0 Å². The van der Waals surface area contributed by atoms with E-state index in [2.05, 4.69) is 5.32 Å². The van der Waals surface area contributed by atoms with Gasteiger partial charge < -0.3 is 10.4 Å². The van der Waals surface area contributed by atoms with Crippen LogP contribution in [-0.4, -0.2) is 26.0 Å². The molecule has 0 aromatic heterocycles. The zero-order chi connectivity index (χ0) is 12.9. The van der Waals surface area contributed by atoms with Crippen LogP contribution >= 0.6 is 0 Å². The van der Waals surface area contributed by atoms with E-state index in [1.165, 1.54) is 6.07 Å². The molecule has 0 amide bonds. The number of nitrogens with two attached hydrogens (primary N) is 1. The van der Waals surface area contributed by atoms with Gasteiger partial charge >= 0.3 is 5.97 Å². The quantitative estimate of drug-likeness (QED) is 0.648. The molecular formula is C10H14N2O4S. The van der Waals surface area contributed by atoms with Gasteiger partial charge in [0.1, 0.15) is 4.90 Å². The van der Waals surface area contributed by atoms with E-state index in [4.69, 9.17) is 10.2 Å². The van der Waals surface area contributed by atoms with E-state index in [1.807, 2.05) is 0 Å². The molecular weight excluding hydrogens is 244 g/mol. The van der Waals surface area contributed by atoms with Gasteiger partial charge in [0.15, 0.2) is 0 Å². The largest absolute Gasteiger partial charge is 0.481 e. The van der Waals surface area contributed by atoms with Crippen molar-refractivity contribution in [3.05, 3.63) is 24.3 Å². The Bertz CT molecular complexity index is 499. The lowest BCUT2D eigenvalue weighted by atomic mass is 10.3. The predicted molar refractivity (Wildman–Crippen MR) is 63.2 cm³/mol. The van der Waals surface area contributed by atoms with Gasteiger partial charge in [-0.2, -0.15) is 0 Å². The summed E-state index contributed by atoms with van der Waals surface area (Å²) in [7, 11) is -3.77. The Kier molecular flexibility index (Phi) is 4.47. The number of primary sulfonamides is 1. The third kappa shape index (κ3) is 4.41. The van der Waals surface area contributed by atoms with Crippen LogP contribution in [0, 0.1) is 0 Å². The minimum atomic E-state index is -3.77. The highest BCUT2D eigenvalue weighted by atomic mass is 32.2. The number of anilines is 1. The number of aliphatic carboxylic acids is 1. The first kappa shape index (κ1) is 13.5. The Labute approximate surface area is 99.5 Å². The van der Waals surface area contributed by atoms with Crippen LogP contribution < -0.4 is 10.5 Å². The number of para-hydroxylation sites is 1. The van der Waals surface area contributed by atoms with Crippen molar-refractivity contribution in [1.82, 2.24) is 0 Å². The van der Waals surface area contributed by atoms with Crippen LogP contribution in [0.4, 0.5) is 5.69 Å². The Morgan fingerprint density at radius 3 is 2.59 bits per heavy atom. The molecule has 4 N–H and O–H groups in total. The molecule has 0 aliphatic heterocycles. The summed E-state index contributed by atoms with van der Waals surface area (Å²) >= 11 is 0. The topological polar surface area (TPSA) is 109 Å². The maximum atomic E-state index is 11.2. The second kappa shape index (κ2) is 5.65. The van der Waals surface area contributed by atoms with E-state index in [-0.39, 0.29) is 11.3 Å². The Hall–Kier alpha value is -1.60. The van der Waals surface area contributed by atoms with Gasteiger partial charge in [-0.05, 0) is 18.6 Å². The number of hydrogen-bond donors (Lipinski definition) is 3. The molecule has 7 heteroatoms. The SMILES string of the molecule is NS(=O)(=O)c1ccccc1NCCCC(=O)O. The molecule has 1 aromatic rings. The van der Waals surface area contributed by atoms with Crippen LogP contribution in [0.2, 0.25) is 0 Å². The number of carbonyl (C=O) groups is 1. The van der Waals surface area contributed by atoms with E-state index in [0.717, 1.165) is 0 Å². The van der Waals surface area contributed by atoms with Crippen molar-refractivity contribution in [2.24, 2.45) is 5.14 Å². The second-order valence-electron chi connectivity index (χ2n) is 3.47. The van der Waals surface area contributed by atoms with Gasteiger partial charge in [0, 0.05) is 13.0 Å². The van der Waals surface area contributed by atoms with Crippen molar-refractivity contribution in [2.75, 3.05) is 11.9 Å². The third-order valence-corrected chi connectivity index (χ3v) is 3.05. The van der Waals surface area contributed by atoms with Crippen LogP contribution in [0.25, 0.3) is 0 Å². The highest BCUT2D eigenvalue weighted by molar-refractivity contribution is 7.89. The molecule has 0 bridgehead atoms. The van der Waals surface area contributed by atoms with E-state index in [9.17, 15) is 13.2 Å². The summed E-state index contributed by atoms with van der Waals surface area (Å²) in [5, 5.41) is 16.4. The van der Waals surface area contributed by atoms with Crippen LogP contribution in [0.15, 0.2) is 29.2 Å². The molecule has 0 saturated carbocycles. The number of sulfonamides is 1. The fourth-order valence-corrected chi connectivity index (χ4v) is 2.04. The summed E-state index contributed by atoms with van der Waals surface area (Å²) in [5.41, 5.74) is 0.389. The molecule has 0 unspecified atom stereocenters. The summed E-state index contributed by atoms with van der Waals surface area (Å²) in [6.07, 6.45) is 0.443. The maximum Gasteiger partial charge on any atom is 0.303 e. The maximum absolute atomic E-state index is 11.2. The van der Waals surface area contributed by atoms with Crippen molar-refractivity contribution in [1.29, 1.82) is 0 Å². The standard InChI is InChI=1S/C10H14N2O4S/c11-17(15,16)9-5-2-1-4-8(9)12-7-3-6-10(13)14/h1-2,4-5,12H,3,6-7H2,(H,13,14)(H2,11,15,16). The number of nitrogens with one attached hydrogen (secondary N) is 1. The number of benzene rings is 1. The number of carboxylic acid groups (broad SMARTS) is 1. The van der Waals surface area contributed by atoms with E-state index in [0.29, 0.717) is 18.7 Å². The van der Waals surface area contributed by atoms with E-state index in [1.54, 1.807) is 18.2 Å². The minimum Gasteiger partial charge on any atom is -0.481 e. The van der Waals surface area contributed by atoms with E-state index < -0.39 is 16.0 Å². The molecule has 0 radical (unpaired) electrons. The lowest BCUT2D eigenvalue weighted by molar-refractivity contribution is -0.137. The zero-order valence-corrected chi connectivity index (χ0v) is 9.90. The van der Waals surface area contributed by atoms with Crippen molar-refractivity contribution >= 4 is 21.7 Å². The van der Waals surface area contributed by atoms with Gasteiger partial charge in [0.2, 0.25) is 10.0 Å². The van der Waals surface area contributed by atoms with Gasteiger partial charge in [0.25, 0.3) is 0 Å². The normalized spacial score (nSPS) is 11.1. The van der Waals surface area contributed by atoms with Gasteiger partial charge in [-0.15, -0.1) is 0 Å². The molecule has 0 heterocycles. The summed E-state index contributed by atoms with van der Waals surface area (Å²) in [6, 6.07) is 6.23. The molecule has 0 fully saturated rings. The average molecular weight is 258 g/mol. The third-order valence-electron chi connectivity index (χ3n) is 2.08. The number of rotatable bonds is 6. The van der Waals surface area contributed by atoms with Crippen molar-refractivity contribution < 1.29 is 18.3 Å². The van der Waals surface area contributed by atoms with Crippen LogP contribution in [0.3, 0.4) is 0 Å². The average Bonchev–Trinajstić information content (AvgIpc) is 2.23. The molecule has 1 rings (SSSR count). The molecule has 0 saturated heterocycles. The smallest absolute Gasteiger partial charge is 0.303 e. The van der Waals surface area contributed by atoms with Crippen LogP contribution in [0.1, 0.15) is 12.8 Å². The summed E-state index contributed by atoms with van der Waals surface area (Å²) in [4.78, 5) is 10.3. The lowest BCUT2D eigenvalue weighted by Crippen LogP contribution is -2.15. The fraction of sp³-hybridized carbons (Fsp3) is 0.300. The van der Waals surface area contributed by atoms with Crippen LogP contribution in [-0.2, 0) is 14.8 Å². The zero-order valence-electron chi connectivity index (χ0n) is 9.09. The summed E-state index contributed by atoms with van der Waals surface area (Å²) in [5.74, 6) is -0.883. The number of carboxylic acids is 1. The molecule has 94 valence electrons. The van der Waals surface area contributed by atoms with Crippen molar-refractivity contribution in [3.8, 4) is 0 Å². The molecule has 6 nitrogen and oxygen atoms in total. The monoisotopic (exact) mass is 258 g/mol. The van der Waals surface area contributed by atoms with Gasteiger partial charge in [-0.3, -0.25) is 4.79 Å². The molecule has 0 aliphatic rings. The molecule has 17 heavy (non-hydrogen) atoms. The van der Waals surface area contributed by atoms with Gasteiger partial charge in [-0.25, -0.2) is 13.6 Å². The molecule has 0 atom stereocenters. The first-order valence-corrected chi connectivity index (χ1v) is 6.53. The Morgan fingerprint density at radius 1 is 1.35 bits per heavy atom. The highest BCUT2D eigenvalue weighted by Crippen LogP contribution is 2.18. The van der Waals surface area contributed by atoms with Gasteiger partial charge in [0.05, 0.1) is 5.69 Å². The second-order valence-corrected chi connectivity index (χ2v) is 5.00. The minimum absolute atomic E-state index is 0.00956. The number of hydrogen-bond acceptors (Lipinski definition) is 4. The highest BCUT2D eigenvalue weighted by Gasteiger charge is 2.12. The van der Waals surface area contributed by atoms with Crippen LogP contribution in [0.5, 0.6) is 0 Å². The lowest BCUT2D eigenvalue weighted by Gasteiger charge is -2.09. The first-order valence-electron chi connectivity index (χ1n) is 4.99.